The lowest BCUT2D eigenvalue weighted by atomic mass is 9.81. The van der Waals surface area contributed by atoms with E-state index in [0.29, 0.717) is 18.7 Å². The van der Waals surface area contributed by atoms with Crippen LogP contribution in [0.25, 0.3) is 22.3 Å². The fourth-order valence-electron chi connectivity index (χ4n) is 9.08. The maximum Gasteiger partial charge on any atom is 0.488 e. The molecule has 0 radical (unpaired) electrons. The maximum absolute atomic E-state index is 12.4. The summed E-state index contributed by atoms with van der Waals surface area (Å²) in [4.78, 5) is 56.9. The lowest BCUT2D eigenvalue weighted by molar-refractivity contribution is -0.134. The van der Waals surface area contributed by atoms with Crippen LogP contribution in [0.15, 0.2) is 328 Å². The van der Waals surface area contributed by atoms with Crippen molar-refractivity contribution < 1.29 is 39.3 Å². The third-order valence-electron chi connectivity index (χ3n) is 14.1. The quantitative estimate of drug-likeness (QED) is 0.0111. The smallest absolute Gasteiger partial charge is 0.423 e. The number of carbonyl (C=O) groups excluding carboxylic acids is 3. The number of hydrogen-bond acceptors (Lipinski definition) is 14. The van der Waals surface area contributed by atoms with Gasteiger partial charge in [0.1, 0.15) is 0 Å². The van der Waals surface area contributed by atoms with Crippen LogP contribution in [0.5, 0.6) is 0 Å². The van der Waals surface area contributed by atoms with E-state index < -0.39 is 13.0 Å². The molecule has 0 aliphatic carbocycles. The molecule has 0 aromatic heterocycles. The number of amides is 3. The lowest BCUT2D eigenvalue weighted by Gasteiger charge is -2.11. The SMILES string of the molecule is CSc1ccc(-c2ccc(Sc3ccccc3CC(=O)NO)cc2)cc1.CSc1ccc(-c2ccc(Sc3ccccc3CC(=O)NOCc3ccccc3)cc2)cc1.CSc1ccc(B(O)O)cc1.ClCCl.O=C(Cc1ccccc1Sc1ccc(Br)cc1)NOCc1ccccc1. The molecule has 0 aliphatic rings. The number of halogens is 3. The summed E-state index contributed by atoms with van der Waals surface area (Å²) in [5, 5.41) is 26.4. The molecular formula is C78H73BBrCl2N3O8S6. The van der Waals surface area contributed by atoms with E-state index >= 15 is 0 Å². The van der Waals surface area contributed by atoms with Crippen LogP contribution in [0.1, 0.15) is 27.8 Å². The Bertz CT molecular complexity index is 4190. The number of thioether (sulfide) groups is 3. The summed E-state index contributed by atoms with van der Waals surface area (Å²) in [5.41, 5.74) is 16.9. The van der Waals surface area contributed by atoms with Gasteiger partial charge in [0.05, 0.1) is 37.8 Å². The zero-order valence-corrected chi connectivity index (χ0v) is 62.3. The molecule has 0 bridgehead atoms. The first-order valence-corrected chi connectivity index (χ1v) is 38.7. The second kappa shape index (κ2) is 44.9. The second-order valence-corrected chi connectivity index (χ2v) is 28.7. The molecule has 11 aromatic rings. The molecule has 0 aliphatic heterocycles. The fourth-order valence-corrected chi connectivity index (χ4v) is 13.4. The summed E-state index contributed by atoms with van der Waals surface area (Å²) in [6, 6.07) is 92.5. The van der Waals surface area contributed by atoms with Crippen molar-refractivity contribution in [2.45, 2.75) is 76.5 Å². The van der Waals surface area contributed by atoms with Crippen LogP contribution in [-0.2, 0) is 56.5 Å². The highest BCUT2D eigenvalue weighted by Gasteiger charge is 2.14. The molecular weight excluding hydrogens is 1460 g/mol. The minimum absolute atomic E-state index is 0.152. The standard InChI is InChI=1S/C28H25NO2S2.C21H18BrNO2S.C21H19NO2S2.C7H9BO2S.CH2Cl2/c1-32-25-15-11-22(12-16-25)23-13-17-26(18-14-23)33-27-10-6-5-9-24(27)19-28(30)29-31-20-21-7-3-2-4-8-21;22-18-10-12-19(13-11-18)26-20-9-5-4-8-17(20)14-21(24)23-25-15-16-6-2-1-3-7-16;1-25-18-10-6-15(7-11-18)16-8-12-19(13-9-16)26-20-5-3-2-4-17(20)14-21(23)22-24;1-11-7-4-2-6(3-5-7)8(9)10;2-1-3/h2-18H,19-20H2,1H3,(H,29,30);1-13H,14-15H2,(H,23,24);2-13,24H,14H2,1H3,(H,22,23);2-5,9-10H,1H3;1H2. The second-order valence-electron chi connectivity index (χ2n) is 21.0. The van der Waals surface area contributed by atoms with Crippen LogP contribution < -0.4 is 21.9 Å². The van der Waals surface area contributed by atoms with E-state index in [1.54, 1.807) is 88.2 Å². The van der Waals surface area contributed by atoms with Gasteiger partial charge in [-0.2, -0.15) is 0 Å². The van der Waals surface area contributed by atoms with Gasteiger partial charge in [-0.25, -0.2) is 16.4 Å². The van der Waals surface area contributed by atoms with Gasteiger partial charge in [0.15, 0.2) is 0 Å². The Morgan fingerprint density at radius 3 is 0.960 bits per heavy atom. The van der Waals surface area contributed by atoms with Crippen LogP contribution in [0.2, 0.25) is 0 Å². The van der Waals surface area contributed by atoms with Gasteiger partial charge in [0.25, 0.3) is 0 Å². The molecule has 11 rings (SSSR count). The highest BCUT2D eigenvalue weighted by atomic mass is 79.9. The van der Waals surface area contributed by atoms with Gasteiger partial charge in [-0.1, -0.05) is 227 Å². The molecule has 3 amide bonds. The Labute approximate surface area is 624 Å². The lowest BCUT2D eigenvalue weighted by Crippen LogP contribution is -2.29. The first kappa shape index (κ1) is 79.2. The molecule has 0 fully saturated rings. The Hall–Kier alpha value is -7.15. The van der Waals surface area contributed by atoms with E-state index in [9.17, 15) is 14.4 Å². The van der Waals surface area contributed by atoms with Gasteiger partial charge >= 0.3 is 7.12 Å². The summed E-state index contributed by atoms with van der Waals surface area (Å²) in [5.74, 6) is -0.741. The van der Waals surface area contributed by atoms with E-state index in [-0.39, 0.29) is 36.4 Å². The van der Waals surface area contributed by atoms with Crippen molar-refractivity contribution >= 4 is 140 Å². The normalized spacial score (nSPS) is 10.4. The first-order chi connectivity index (χ1) is 48.3. The Morgan fingerprint density at radius 1 is 0.384 bits per heavy atom. The molecule has 0 spiro atoms. The maximum atomic E-state index is 12.4. The van der Waals surface area contributed by atoms with E-state index in [0.717, 1.165) is 66.6 Å². The molecule has 21 heteroatoms. The summed E-state index contributed by atoms with van der Waals surface area (Å²) >= 11 is 23.0. The monoisotopic (exact) mass is 1530 g/mol. The van der Waals surface area contributed by atoms with E-state index in [2.05, 4.69) is 149 Å². The summed E-state index contributed by atoms with van der Waals surface area (Å²) in [7, 11) is -1.36. The average molecular weight is 1530 g/mol. The minimum atomic E-state index is -1.36. The number of benzene rings is 11. The third-order valence-corrected chi connectivity index (χ3v) is 20.2. The summed E-state index contributed by atoms with van der Waals surface area (Å²) in [6.07, 6.45) is 6.82. The number of alkyl halides is 2. The number of carbonyl (C=O) groups is 3. The Kier molecular flexibility index (Phi) is 35.9. The molecule has 6 N–H and O–H groups in total. The molecule has 0 saturated heterocycles. The van der Waals surface area contributed by atoms with Crippen molar-refractivity contribution in [2.75, 3.05) is 24.1 Å². The molecule has 0 heterocycles. The van der Waals surface area contributed by atoms with Crippen molar-refractivity contribution in [1.82, 2.24) is 16.4 Å². The topological polar surface area (TPSA) is 166 Å². The van der Waals surface area contributed by atoms with Gasteiger partial charge < -0.3 is 10.0 Å². The van der Waals surface area contributed by atoms with Gasteiger partial charge in [-0.05, 0) is 177 Å². The molecule has 0 unspecified atom stereocenters. The predicted octanol–water partition coefficient (Wildman–Crippen LogP) is 19.2. The van der Waals surface area contributed by atoms with Crippen LogP contribution in [0.4, 0.5) is 0 Å². The van der Waals surface area contributed by atoms with Gasteiger partial charge in [-0.3, -0.25) is 29.3 Å². The molecule has 0 atom stereocenters. The third kappa shape index (κ3) is 28.8. The first-order valence-electron chi connectivity index (χ1n) is 30.7. The van der Waals surface area contributed by atoms with Crippen LogP contribution in [0.3, 0.4) is 0 Å². The highest BCUT2D eigenvalue weighted by molar-refractivity contribution is 9.10. The van der Waals surface area contributed by atoms with Crippen molar-refractivity contribution in [1.29, 1.82) is 0 Å². The fraction of sp³-hybridized carbons (Fsp3) is 0.115. The number of hydrogen-bond donors (Lipinski definition) is 6. The largest absolute Gasteiger partial charge is 0.488 e. The Balaban J connectivity index is 0.000000191. The number of hydroxylamine groups is 3. The molecule has 508 valence electrons. The molecule has 11 nitrogen and oxygen atoms in total. The zero-order chi connectivity index (χ0) is 70.4. The predicted molar refractivity (Wildman–Crippen MR) is 418 cm³/mol. The van der Waals surface area contributed by atoms with E-state index in [1.165, 1.54) is 32.0 Å². The number of rotatable bonds is 24. The van der Waals surface area contributed by atoms with E-state index in [4.69, 9.17) is 48.1 Å². The molecule has 99 heavy (non-hydrogen) atoms. The van der Waals surface area contributed by atoms with Crippen molar-refractivity contribution in [3.63, 3.8) is 0 Å². The van der Waals surface area contributed by atoms with Gasteiger partial charge in [0, 0.05) is 48.5 Å². The Morgan fingerprint density at radius 2 is 0.657 bits per heavy atom. The van der Waals surface area contributed by atoms with Crippen molar-refractivity contribution in [3.8, 4) is 22.3 Å². The minimum Gasteiger partial charge on any atom is -0.423 e. The van der Waals surface area contributed by atoms with Crippen LogP contribution >= 0.6 is 110 Å². The van der Waals surface area contributed by atoms with Gasteiger partial charge in [0.2, 0.25) is 17.7 Å². The van der Waals surface area contributed by atoms with Crippen LogP contribution in [-0.4, -0.2) is 64.2 Å². The zero-order valence-electron chi connectivity index (χ0n) is 54.3. The molecule has 0 saturated carbocycles. The average Bonchev–Trinajstić information content (AvgIpc) is 1.05. The highest BCUT2D eigenvalue weighted by Crippen LogP contribution is 2.36. The van der Waals surface area contributed by atoms with Crippen molar-refractivity contribution in [3.05, 3.63) is 311 Å². The summed E-state index contributed by atoms with van der Waals surface area (Å²) in [6.45, 7) is 0.692. The molecule has 11 aromatic carbocycles. The van der Waals surface area contributed by atoms with Crippen molar-refractivity contribution in [2.24, 2.45) is 0 Å². The summed E-state index contributed by atoms with van der Waals surface area (Å²) < 4.78 is 1.05. The van der Waals surface area contributed by atoms with E-state index in [1.807, 2.05) is 164 Å². The van der Waals surface area contributed by atoms with Crippen LogP contribution in [0, 0.1) is 0 Å². The van der Waals surface area contributed by atoms with Gasteiger partial charge in [-0.15, -0.1) is 58.5 Å². The number of nitrogens with one attached hydrogen (secondary N) is 3.